The normalized spacial score (nSPS) is 11.0. The highest BCUT2D eigenvalue weighted by Crippen LogP contribution is 2.23. The van der Waals surface area contributed by atoms with Crippen LogP contribution in [-0.2, 0) is 0 Å². The van der Waals surface area contributed by atoms with Crippen LogP contribution in [0.5, 0.6) is 0 Å². The number of pyridine rings is 1. The SMILES string of the molecule is Cc1cc(NCCCCCCCCCCI)c2ccccc2n1. The average Bonchev–Trinajstić information content (AvgIpc) is 2.56. The molecule has 126 valence electrons. The Morgan fingerprint density at radius 3 is 2.30 bits per heavy atom. The molecule has 0 saturated heterocycles. The van der Waals surface area contributed by atoms with Crippen molar-refractivity contribution in [3.63, 3.8) is 0 Å². The van der Waals surface area contributed by atoms with E-state index in [0.717, 1.165) is 17.8 Å². The molecule has 0 amide bonds. The number of hydrogen-bond acceptors (Lipinski definition) is 2. The number of unbranched alkanes of at least 4 members (excludes halogenated alkanes) is 7. The lowest BCUT2D eigenvalue weighted by molar-refractivity contribution is 0.583. The van der Waals surface area contributed by atoms with Crippen LogP contribution in [0.1, 0.15) is 57.1 Å². The molecular formula is C20H29IN2. The Balaban J connectivity index is 1.65. The molecular weight excluding hydrogens is 395 g/mol. The molecule has 1 aromatic carbocycles. The number of anilines is 1. The quantitative estimate of drug-likeness (QED) is 0.253. The highest BCUT2D eigenvalue weighted by Gasteiger charge is 2.02. The summed E-state index contributed by atoms with van der Waals surface area (Å²) in [5.74, 6) is 0. The predicted octanol–water partition coefficient (Wildman–Crippen LogP) is 6.51. The molecule has 0 radical (unpaired) electrons. The highest BCUT2D eigenvalue weighted by molar-refractivity contribution is 14.1. The fourth-order valence-electron chi connectivity index (χ4n) is 2.96. The Hall–Kier alpha value is -0.840. The van der Waals surface area contributed by atoms with Gasteiger partial charge >= 0.3 is 0 Å². The van der Waals surface area contributed by atoms with Crippen LogP contribution in [0.3, 0.4) is 0 Å². The van der Waals surface area contributed by atoms with Gasteiger partial charge < -0.3 is 5.32 Å². The zero-order valence-electron chi connectivity index (χ0n) is 14.3. The van der Waals surface area contributed by atoms with E-state index in [1.165, 1.54) is 66.9 Å². The van der Waals surface area contributed by atoms with Crippen molar-refractivity contribution in [2.24, 2.45) is 0 Å². The van der Waals surface area contributed by atoms with E-state index < -0.39 is 0 Å². The largest absolute Gasteiger partial charge is 0.384 e. The Morgan fingerprint density at radius 1 is 0.913 bits per heavy atom. The number of halogens is 1. The van der Waals surface area contributed by atoms with Gasteiger partial charge in [0.05, 0.1) is 5.52 Å². The molecule has 1 aromatic heterocycles. The van der Waals surface area contributed by atoms with Gasteiger partial charge in [-0.25, -0.2) is 0 Å². The average molecular weight is 424 g/mol. The van der Waals surface area contributed by atoms with Gasteiger partial charge in [0, 0.05) is 23.3 Å². The molecule has 0 aliphatic carbocycles. The summed E-state index contributed by atoms with van der Waals surface area (Å²) < 4.78 is 1.31. The van der Waals surface area contributed by atoms with Crippen molar-refractivity contribution in [3.05, 3.63) is 36.0 Å². The van der Waals surface area contributed by atoms with E-state index in [0.29, 0.717) is 0 Å². The first-order chi connectivity index (χ1) is 11.3. The van der Waals surface area contributed by atoms with Crippen molar-refractivity contribution in [1.29, 1.82) is 0 Å². The van der Waals surface area contributed by atoms with Crippen LogP contribution in [0.15, 0.2) is 30.3 Å². The third-order valence-electron chi connectivity index (χ3n) is 4.22. The first kappa shape index (κ1) is 18.5. The van der Waals surface area contributed by atoms with Crippen molar-refractivity contribution in [3.8, 4) is 0 Å². The lowest BCUT2D eigenvalue weighted by Crippen LogP contribution is -2.03. The number of aryl methyl sites for hydroxylation is 1. The lowest BCUT2D eigenvalue weighted by Gasteiger charge is -2.10. The maximum atomic E-state index is 4.60. The first-order valence-electron chi connectivity index (χ1n) is 8.97. The Morgan fingerprint density at radius 2 is 1.57 bits per heavy atom. The van der Waals surface area contributed by atoms with Crippen molar-refractivity contribution in [2.75, 3.05) is 16.3 Å². The first-order valence-corrected chi connectivity index (χ1v) is 10.5. The summed E-state index contributed by atoms with van der Waals surface area (Å²) in [6, 6.07) is 10.5. The molecule has 3 heteroatoms. The van der Waals surface area contributed by atoms with Gasteiger partial charge in [0.15, 0.2) is 0 Å². The number of nitrogens with zero attached hydrogens (tertiary/aromatic N) is 1. The molecule has 1 heterocycles. The molecule has 0 atom stereocenters. The zero-order valence-corrected chi connectivity index (χ0v) is 16.4. The van der Waals surface area contributed by atoms with E-state index in [9.17, 15) is 0 Å². The number of benzene rings is 1. The van der Waals surface area contributed by atoms with E-state index in [4.69, 9.17) is 0 Å². The van der Waals surface area contributed by atoms with Crippen LogP contribution in [0.4, 0.5) is 5.69 Å². The molecule has 2 rings (SSSR count). The van der Waals surface area contributed by atoms with Crippen molar-refractivity contribution >= 4 is 39.2 Å². The third-order valence-corrected chi connectivity index (χ3v) is 4.98. The zero-order chi connectivity index (χ0) is 16.3. The predicted molar refractivity (Wildman–Crippen MR) is 111 cm³/mol. The Bertz CT molecular complexity index is 583. The minimum absolute atomic E-state index is 1.06. The molecule has 0 saturated carbocycles. The number of nitrogens with one attached hydrogen (secondary N) is 1. The van der Waals surface area contributed by atoms with Gasteiger partial charge in [0.25, 0.3) is 0 Å². The van der Waals surface area contributed by atoms with E-state index in [1.807, 2.05) is 0 Å². The number of hydrogen-bond donors (Lipinski definition) is 1. The molecule has 23 heavy (non-hydrogen) atoms. The summed E-state index contributed by atoms with van der Waals surface area (Å²) in [6.07, 6.45) is 11.0. The van der Waals surface area contributed by atoms with Gasteiger partial charge in [-0.1, -0.05) is 79.3 Å². The van der Waals surface area contributed by atoms with E-state index in [1.54, 1.807) is 0 Å². The van der Waals surface area contributed by atoms with Crippen LogP contribution in [0.2, 0.25) is 0 Å². The molecule has 0 bridgehead atoms. The Kier molecular flexibility index (Phi) is 8.72. The lowest BCUT2D eigenvalue weighted by atomic mass is 10.1. The standard InChI is InChI=1S/C20H29IN2/c1-17-16-20(18-12-8-9-13-19(18)23-17)22-15-11-7-5-3-2-4-6-10-14-21/h8-9,12-13,16H,2-7,10-11,14-15H2,1H3,(H,22,23). The van der Waals surface area contributed by atoms with Gasteiger partial charge in [0.2, 0.25) is 0 Å². The second kappa shape index (κ2) is 10.8. The van der Waals surface area contributed by atoms with Crippen molar-refractivity contribution in [2.45, 2.75) is 58.3 Å². The molecule has 0 fully saturated rings. The van der Waals surface area contributed by atoms with Gasteiger partial charge in [0.1, 0.15) is 0 Å². The van der Waals surface area contributed by atoms with Crippen LogP contribution in [0.25, 0.3) is 10.9 Å². The molecule has 1 N–H and O–H groups in total. The fourth-order valence-corrected chi connectivity index (χ4v) is 3.50. The van der Waals surface area contributed by atoms with Crippen LogP contribution < -0.4 is 5.32 Å². The van der Waals surface area contributed by atoms with Gasteiger partial charge in [-0.15, -0.1) is 0 Å². The molecule has 0 aliphatic heterocycles. The van der Waals surface area contributed by atoms with Crippen LogP contribution in [-0.4, -0.2) is 16.0 Å². The number of para-hydroxylation sites is 1. The molecule has 0 spiro atoms. The number of fused-ring (bicyclic) bond motifs is 1. The summed E-state index contributed by atoms with van der Waals surface area (Å²) in [5.41, 5.74) is 3.39. The topological polar surface area (TPSA) is 24.9 Å². The summed E-state index contributed by atoms with van der Waals surface area (Å²) >= 11 is 2.47. The van der Waals surface area contributed by atoms with Gasteiger partial charge in [-0.2, -0.15) is 0 Å². The highest BCUT2D eigenvalue weighted by atomic mass is 127. The van der Waals surface area contributed by atoms with Crippen LogP contribution in [0, 0.1) is 6.92 Å². The second-order valence-electron chi connectivity index (χ2n) is 6.27. The van der Waals surface area contributed by atoms with Gasteiger partial charge in [-0.3, -0.25) is 4.98 Å². The minimum atomic E-state index is 1.06. The summed E-state index contributed by atoms with van der Waals surface area (Å²) in [7, 11) is 0. The molecule has 2 nitrogen and oxygen atoms in total. The smallest absolute Gasteiger partial charge is 0.0725 e. The number of rotatable bonds is 11. The summed E-state index contributed by atoms with van der Waals surface area (Å²) in [6.45, 7) is 3.12. The summed E-state index contributed by atoms with van der Waals surface area (Å²) in [5, 5.41) is 4.84. The number of alkyl halides is 1. The third kappa shape index (κ3) is 6.66. The molecule has 2 aromatic rings. The maximum Gasteiger partial charge on any atom is 0.0725 e. The van der Waals surface area contributed by atoms with Crippen molar-refractivity contribution < 1.29 is 0 Å². The minimum Gasteiger partial charge on any atom is -0.384 e. The van der Waals surface area contributed by atoms with E-state index in [2.05, 4.69) is 70.1 Å². The van der Waals surface area contributed by atoms with Crippen LogP contribution >= 0.6 is 22.6 Å². The molecule has 0 aliphatic rings. The maximum absolute atomic E-state index is 4.60. The van der Waals surface area contributed by atoms with Crippen molar-refractivity contribution in [1.82, 2.24) is 4.98 Å². The molecule has 0 unspecified atom stereocenters. The van der Waals surface area contributed by atoms with E-state index in [-0.39, 0.29) is 0 Å². The second-order valence-corrected chi connectivity index (χ2v) is 7.35. The summed E-state index contributed by atoms with van der Waals surface area (Å²) in [4.78, 5) is 4.60. The Labute approximate surface area is 154 Å². The monoisotopic (exact) mass is 424 g/mol. The van der Waals surface area contributed by atoms with Gasteiger partial charge in [-0.05, 0) is 36.3 Å². The van der Waals surface area contributed by atoms with E-state index >= 15 is 0 Å². The number of aromatic nitrogens is 1. The fraction of sp³-hybridized carbons (Fsp3) is 0.550.